The van der Waals surface area contributed by atoms with Gasteiger partial charge in [-0.2, -0.15) is 13.2 Å². The number of nitrogens with zero attached hydrogens (tertiary/aromatic N) is 1. The van der Waals surface area contributed by atoms with Crippen molar-refractivity contribution in [2.75, 3.05) is 11.9 Å². The molecule has 0 bridgehead atoms. The first-order chi connectivity index (χ1) is 12.4. The number of nitrogens with one attached hydrogen (secondary N) is 2. The molecule has 0 aromatic heterocycles. The number of anilines is 1. The zero-order valence-electron chi connectivity index (χ0n) is 15.3. The Morgan fingerprint density at radius 3 is 2.44 bits per heavy atom. The van der Waals surface area contributed by atoms with Crippen molar-refractivity contribution in [3.05, 3.63) is 29.8 Å². The van der Waals surface area contributed by atoms with Gasteiger partial charge in [-0.1, -0.05) is 12.1 Å². The van der Waals surface area contributed by atoms with Crippen molar-refractivity contribution < 1.29 is 27.6 Å². The molecule has 1 heterocycles. The molecule has 0 spiro atoms. The van der Waals surface area contributed by atoms with Crippen LogP contribution in [0.15, 0.2) is 24.3 Å². The highest BCUT2D eigenvalue weighted by Crippen LogP contribution is 2.26. The Balaban J connectivity index is 1.93. The van der Waals surface area contributed by atoms with Gasteiger partial charge in [0.25, 0.3) is 0 Å². The molecule has 0 aliphatic carbocycles. The predicted molar refractivity (Wildman–Crippen MR) is 92.5 cm³/mol. The summed E-state index contributed by atoms with van der Waals surface area (Å²) in [5.41, 5.74) is 0.149. The van der Waals surface area contributed by atoms with Gasteiger partial charge in [0.2, 0.25) is 11.8 Å². The zero-order chi connectivity index (χ0) is 20.4. The normalized spacial score (nSPS) is 17.8. The van der Waals surface area contributed by atoms with E-state index >= 15 is 0 Å². The fourth-order valence-corrected chi connectivity index (χ4v) is 2.83. The number of carbonyl (C=O) groups is 3. The number of carbonyl (C=O) groups excluding carboxylic acids is 3. The van der Waals surface area contributed by atoms with E-state index in [9.17, 15) is 27.6 Å². The molecule has 1 atom stereocenters. The third kappa shape index (κ3) is 5.45. The lowest BCUT2D eigenvalue weighted by Crippen LogP contribution is -2.43. The molecule has 1 saturated heterocycles. The number of alkyl halides is 3. The van der Waals surface area contributed by atoms with E-state index in [0.717, 1.165) is 0 Å². The molecule has 0 radical (unpaired) electrons. The summed E-state index contributed by atoms with van der Waals surface area (Å²) in [6.45, 7) is 6.09. The van der Waals surface area contributed by atoms with Crippen molar-refractivity contribution in [3.8, 4) is 0 Å². The minimum atomic E-state index is -4.97. The highest BCUT2D eigenvalue weighted by Gasteiger charge is 2.40. The van der Waals surface area contributed by atoms with Gasteiger partial charge in [-0.25, -0.2) is 0 Å². The highest BCUT2D eigenvalue weighted by molar-refractivity contribution is 5.95. The number of halogens is 3. The maximum atomic E-state index is 12.3. The van der Waals surface area contributed by atoms with Crippen LogP contribution in [-0.4, -0.2) is 40.9 Å². The number of hydrogen-bond acceptors (Lipinski definition) is 3. The van der Waals surface area contributed by atoms with E-state index in [-0.39, 0.29) is 36.0 Å². The summed E-state index contributed by atoms with van der Waals surface area (Å²) in [5.74, 6) is -2.90. The summed E-state index contributed by atoms with van der Waals surface area (Å²) in [6.07, 6.45) is -4.84. The Kier molecular flexibility index (Phi) is 5.82. The van der Waals surface area contributed by atoms with Crippen LogP contribution in [0.1, 0.15) is 32.8 Å². The average molecular weight is 385 g/mol. The van der Waals surface area contributed by atoms with Gasteiger partial charge in [-0.15, -0.1) is 0 Å². The van der Waals surface area contributed by atoms with Crippen molar-refractivity contribution in [2.24, 2.45) is 5.92 Å². The average Bonchev–Trinajstić information content (AvgIpc) is 2.94. The van der Waals surface area contributed by atoms with Gasteiger partial charge in [-0.3, -0.25) is 14.4 Å². The SMILES string of the molecule is CC(C)(C)N1CC(C(=O)NCc2cccc(NC(=O)C(F)(F)F)c2)CC1=O. The number of benzene rings is 1. The topological polar surface area (TPSA) is 78.5 Å². The Morgan fingerprint density at radius 1 is 1.22 bits per heavy atom. The Bertz CT molecular complexity index is 741. The van der Waals surface area contributed by atoms with E-state index in [4.69, 9.17) is 0 Å². The lowest BCUT2D eigenvalue weighted by Gasteiger charge is -2.31. The minimum absolute atomic E-state index is 0.0148. The quantitative estimate of drug-likeness (QED) is 0.836. The van der Waals surface area contributed by atoms with Crippen LogP contribution in [0.5, 0.6) is 0 Å². The monoisotopic (exact) mass is 385 g/mol. The van der Waals surface area contributed by atoms with Gasteiger partial charge >= 0.3 is 12.1 Å². The summed E-state index contributed by atoms with van der Waals surface area (Å²) >= 11 is 0. The van der Waals surface area contributed by atoms with Crippen molar-refractivity contribution in [2.45, 2.75) is 45.5 Å². The Hall–Kier alpha value is -2.58. The summed E-state index contributed by atoms with van der Waals surface area (Å²) in [6, 6.07) is 5.77. The molecule has 1 fully saturated rings. The van der Waals surface area contributed by atoms with E-state index in [0.29, 0.717) is 12.1 Å². The molecule has 1 unspecified atom stereocenters. The third-order valence-corrected chi connectivity index (χ3v) is 4.21. The first-order valence-corrected chi connectivity index (χ1v) is 8.43. The predicted octanol–water partition coefficient (Wildman–Crippen LogP) is 2.45. The summed E-state index contributed by atoms with van der Waals surface area (Å²) in [7, 11) is 0. The van der Waals surface area contributed by atoms with Crippen LogP contribution in [0.4, 0.5) is 18.9 Å². The molecule has 27 heavy (non-hydrogen) atoms. The molecule has 1 aliphatic heterocycles. The molecular formula is C18H22F3N3O3. The zero-order valence-corrected chi connectivity index (χ0v) is 15.3. The molecule has 6 nitrogen and oxygen atoms in total. The lowest BCUT2D eigenvalue weighted by molar-refractivity contribution is -0.167. The van der Waals surface area contributed by atoms with Crippen molar-refractivity contribution in [1.82, 2.24) is 10.2 Å². The second kappa shape index (κ2) is 7.58. The molecule has 2 rings (SSSR count). The van der Waals surface area contributed by atoms with Crippen LogP contribution >= 0.6 is 0 Å². The third-order valence-electron chi connectivity index (χ3n) is 4.21. The molecule has 9 heteroatoms. The van der Waals surface area contributed by atoms with Gasteiger partial charge in [0.1, 0.15) is 0 Å². The first kappa shape index (κ1) is 20.7. The van der Waals surface area contributed by atoms with Gasteiger partial charge in [0, 0.05) is 30.7 Å². The molecule has 1 aromatic carbocycles. The van der Waals surface area contributed by atoms with Gasteiger partial charge in [0.15, 0.2) is 0 Å². The number of rotatable bonds is 4. The largest absolute Gasteiger partial charge is 0.471 e. The van der Waals surface area contributed by atoms with Crippen molar-refractivity contribution in [1.29, 1.82) is 0 Å². The van der Waals surface area contributed by atoms with Crippen LogP contribution < -0.4 is 10.6 Å². The second-order valence-electron chi connectivity index (χ2n) is 7.45. The fraction of sp³-hybridized carbons (Fsp3) is 0.500. The maximum Gasteiger partial charge on any atom is 0.471 e. The lowest BCUT2D eigenvalue weighted by atomic mass is 10.1. The molecule has 0 saturated carbocycles. The standard InChI is InChI=1S/C18H22F3N3O3/c1-17(2,3)24-10-12(8-14(24)25)15(26)22-9-11-5-4-6-13(7-11)23-16(27)18(19,20)21/h4-7,12H,8-10H2,1-3H3,(H,22,26)(H,23,27). The maximum absolute atomic E-state index is 12.3. The van der Waals surface area contributed by atoms with Crippen LogP contribution in [0.25, 0.3) is 0 Å². The van der Waals surface area contributed by atoms with Gasteiger partial charge < -0.3 is 15.5 Å². The molecule has 148 valence electrons. The van der Waals surface area contributed by atoms with Crippen LogP contribution in [0.2, 0.25) is 0 Å². The van der Waals surface area contributed by atoms with E-state index in [1.807, 2.05) is 20.8 Å². The van der Waals surface area contributed by atoms with Crippen molar-refractivity contribution >= 4 is 23.4 Å². The van der Waals surface area contributed by atoms with E-state index < -0.39 is 18.0 Å². The van der Waals surface area contributed by atoms with Crippen LogP contribution in [0, 0.1) is 5.92 Å². The number of likely N-dealkylation sites (tertiary alicyclic amines) is 1. The smallest absolute Gasteiger partial charge is 0.352 e. The summed E-state index contributed by atoms with van der Waals surface area (Å²) in [4.78, 5) is 37.0. The summed E-state index contributed by atoms with van der Waals surface area (Å²) in [5, 5.41) is 4.46. The Labute approximate surface area is 155 Å². The minimum Gasteiger partial charge on any atom is -0.352 e. The molecular weight excluding hydrogens is 363 g/mol. The first-order valence-electron chi connectivity index (χ1n) is 8.43. The van der Waals surface area contributed by atoms with E-state index in [2.05, 4.69) is 5.32 Å². The highest BCUT2D eigenvalue weighted by atomic mass is 19.4. The Morgan fingerprint density at radius 2 is 1.89 bits per heavy atom. The van der Waals surface area contributed by atoms with E-state index in [1.54, 1.807) is 16.3 Å². The number of hydrogen-bond donors (Lipinski definition) is 2. The second-order valence-corrected chi connectivity index (χ2v) is 7.45. The van der Waals surface area contributed by atoms with Crippen molar-refractivity contribution in [3.63, 3.8) is 0 Å². The molecule has 2 N–H and O–H groups in total. The fourth-order valence-electron chi connectivity index (χ4n) is 2.83. The number of amides is 3. The van der Waals surface area contributed by atoms with E-state index in [1.165, 1.54) is 18.2 Å². The van der Waals surface area contributed by atoms with Gasteiger partial charge in [0.05, 0.1) is 5.92 Å². The summed E-state index contributed by atoms with van der Waals surface area (Å²) < 4.78 is 36.9. The molecule has 3 amide bonds. The van der Waals surface area contributed by atoms with Gasteiger partial charge in [-0.05, 0) is 38.5 Å². The molecule has 1 aliphatic rings. The molecule has 1 aromatic rings. The van der Waals surface area contributed by atoms with Crippen LogP contribution in [-0.2, 0) is 20.9 Å². The van der Waals surface area contributed by atoms with Crippen LogP contribution in [0.3, 0.4) is 0 Å².